The summed E-state index contributed by atoms with van der Waals surface area (Å²) < 4.78 is 5.66. The summed E-state index contributed by atoms with van der Waals surface area (Å²) in [6, 6.07) is 4.63. The summed E-state index contributed by atoms with van der Waals surface area (Å²) in [4.78, 5) is 7.01. The lowest BCUT2D eigenvalue weighted by atomic mass is 10.1. The molecule has 2 unspecified atom stereocenters. The first kappa shape index (κ1) is 12.4. The van der Waals surface area contributed by atoms with Crippen LogP contribution in [0.25, 0.3) is 0 Å². The number of morpholine rings is 1. The molecule has 100 valence electrons. The van der Waals surface area contributed by atoms with E-state index in [2.05, 4.69) is 24.8 Å². The Morgan fingerprint density at radius 2 is 2.26 bits per heavy atom. The number of hydrogen-bond acceptors (Lipinski definition) is 4. The van der Waals surface area contributed by atoms with Gasteiger partial charge in [0.15, 0.2) is 0 Å². The zero-order valence-electron chi connectivity index (χ0n) is 11.5. The van der Waals surface area contributed by atoms with Gasteiger partial charge < -0.3 is 9.64 Å². The molecule has 1 aliphatic carbocycles. The maximum absolute atomic E-state index is 9.38. The predicted molar refractivity (Wildman–Crippen MR) is 73.2 cm³/mol. The predicted octanol–water partition coefficient (Wildman–Crippen LogP) is 2.06. The first-order chi connectivity index (χ1) is 9.19. The van der Waals surface area contributed by atoms with Gasteiger partial charge in [0.2, 0.25) is 0 Å². The fourth-order valence-corrected chi connectivity index (χ4v) is 2.96. The van der Waals surface area contributed by atoms with E-state index in [1.54, 1.807) is 0 Å². The minimum atomic E-state index is 0.192. The van der Waals surface area contributed by atoms with E-state index in [0.29, 0.717) is 12.2 Å². The molecule has 2 heterocycles. The lowest BCUT2D eigenvalue weighted by Crippen LogP contribution is -2.48. The van der Waals surface area contributed by atoms with Crippen molar-refractivity contribution in [2.24, 2.45) is 0 Å². The maximum Gasteiger partial charge on any atom is 0.147 e. The van der Waals surface area contributed by atoms with Crippen molar-refractivity contribution < 1.29 is 4.74 Å². The van der Waals surface area contributed by atoms with E-state index in [-0.39, 0.29) is 12.1 Å². The van der Waals surface area contributed by atoms with E-state index in [4.69, 9.17) is 9.72 Å². The number of aryl methyl sites for hydroxylation is 2. The van der Waals surface area contributed by atoms with E-state index >= 15 is 0 Å². The second-order valence-electron chi connectivity index (χ2n) is 5.58. The smallest absolute Gasteiger partial charge is 0.147 e. The van der Waals surface area contributed by atoms with E-state index in [1.165, 1.54) is 11.3 Å². The minimum absolute atomic E-state index is 0.192. The van der Waals surface area contributed by atoms with Crippen LogP contribution in [0, 0.1) is 11.3 Å². The summed E-state index contributed by atoms with van der Waals surface area (Å²) in [5.74, 6) is 0.853. The summed E-state index contributed by atoms with van der Waals surface area (Å²) in [6.07, 6.45) is 3.46. The van der Waals surface area contributed by atoms with Crippen LogP contribution in [0.4, 0.5) is 5.82 Å². The number of anilines is 1. The highest BCUT2D eigenvalue weighted by Crippen LogP contribution is 2.29. The second-order valence-corrected chi connectivity index (χ2v) is 5.58. The molecule has 0 saturated carbocycles. The molecule has 19 heavy (non-hydrogen) atoms. The zero-order chi connectivity index (χ0) is 13.4. The molecule has 3 rings (SSSR count). The highest BCUT2D eigenvalue weighted by molar-refractivity contribution is 5.57. The highest BCUT2D eigenvalue weighted by atomic mass is 16.5. The molecule has 0 amide bonds. The molecule has 2 atom stereocenters. The van der Waals surface area contributed by atoms with Crippen molar-refractivity contribution in [3.05, 3.63) is 22.9 Å². The number of fused-ring (bicyclic) bond motifs is 1. The Morgan fingerprint density at radius 1 is 1.42 bits per heavy atom. The number of nitriles is 1. The molecule has 4 heteroatoms. The first-order valence-corrected chi connectivity index (χ1v) is 7.00. The van der Waals surface area contributed by atoms with Gasteiger partial charge in [-0.05, 0) is 44.7 Å². The molecular formula is C15H19N3O. The second kappa shape index (κ2) is 4.82. The number of aromatic nitrogens is 1. The van der Waals surface area contributed by atoms with Gasteiger partial charge in [-0.3, -0.25) is 0 Å². The van der Waals surface area contributed by atoms with Gasteiger partial charge in [-0.25, -0.2) is 4.98 Å². The van der Waals surface area contributed by atoms with Gasteiger partial charge in [-0.2, -0.15) is 5.26 Å². The monoisotopic (exact) mass is 257 g/mol. The number of ether oxygens (including phenoxy) is 1. The van der Waals surface area contributed by atoms with Crippen molar-refractivity contribution in [2.75, 3.05) is 18.1 Å². The lowest BCUT2D eigenvalue weighted by molar-refractivity contribution is 0.0340. The molecular weight excluding hydrogens is 238 g/mol. The van der Waals surface area contributed by atoms with Crippen molar-refractivity contribution in [3.8, 4) is 6.07 Å². The Hall–Kier alpha value is -1.60. The molecule has 0 bridgehead atoms. The molecule has 0 spiro atoms. The molecule has 0 N–H and O–H groups in total. The van der Waals surface area contributed by atoms with Crippen LogP contribution < -0.4 is 4.90 Å². The zero-order valence-corrected chi connectivity index (χ0v) is 11.5. The Balaban J connectivity index is 2.01. The molecule has 1 saturated heterocycles. The van der Waals surface area contributed by atoms with Crippen molar-refractivity contribution in [1.82, 2.24) is 4.98 Å². The van der Waals surface area contributed by atoms with Crippen LogP contribution in [0.15, 0.2) is 6.07 Å². The Bertz CT molecular complexity index is 535. The number of pyridine rings is 1. The molecule has 1 aliphatic heterocycles. The van der Waals surface area contributed by atoms with Gasteiger partial charge in [0, 0.05) is 12.2 Å². The average molecular weight is 257 g/mol. The van der Waals surface area contributed by atoms with Crippen LogP contribution in [0.3, 0.4) is 0 Å². The van der Waals surface area contributed by atoms with Gasteiger partial charge in [-0.1, -0.05) is 0 Å². The standard InChI is InChI=1S/C15H19N3O/c1-10-9-19-11(2)8-18(10)15-13(7-16)6-12-4-3-5-14(12)17-15/h6,10-11H,3-5,8-9H2,1-2H3. The van der Waals surface area contributed by atoms with Crippen LogP contribution in [0.5, 0.6) is 0 Å². The fraction of sp³-hybridized carbons (Fsp3) is 0.600. The van der Waals surface area contributed by atoms with Crippen molar-refractivity contribution in [3.63, 3.8) is 0 Å². The summed E-state index contributed by atoms with van der Waals surface area (Å²) in [6.45, 7) is 5.70. The van der Waals surface area contributed by atoms with Crippen molar-refractivity contribution in [2.45, 2.75) is 45.3 Å². The van der Waals surface area contributed by atoms with E-state index in [1.807, 2.05) is 6.07 Å². The van der Waals surface area contributed by atoms with Gasteiger partial charge >= 0.3 is 0 Å². The summed E-state index contributed by atoms with van der Waals surface area (Å²) in [5, 5.41) is 9.38. The molecule has 0 aromatic carbocycles. The number of hydrogen-bond donors (Lipinski definition) is 0. The van der Waals surface area contributed by atoms with Crippen molar-refractivity contribution in [1.29, 1.82) is 5.26 Å². The third-order valence-corrected chi connectivity index (χ3v) is 4.03. The largest absolute Gasteiger partial charge is 0.375 e. The summed E-state index contributed by atoms with van der Waals surface area (Å²) in [5.41, 5.74) is 3.15. The first-order valence-electron chi connectivity index (χ1n) is 7.00. The van der Waals surface area contributed by atoms with Crippen LogP contribution in [0.1, 0.15) is 37.1 Å². The molecule has 1 aromatic rings. The third-order valence-electron chi connectivity index (χ3n) is 4.03. The van der Waals surface area contributed by atoms with Crippen LogP contribution >= 0.6 is 0 Å². The average Bonchev–Trinajstić information content (AvgIpc) is 2.87. The SMILES string of the molecule is CC1CN(c2nc3c(cc2C#N)CCC3)C(C)CO1. The Kier molecular flexibility index (Phi) is 3.16. The Morgan fingerprint density at radius 3 is 3.05 bits per heavy atom. The quantitative estimate of drug-likeness (QED) is 0.772. The molecule has 0 radical (unpaired) electrons. The highest BCUT2D eigenvalue weighted by Gasteiger charge is 2.28. The van der Waals surface area contributed by atoms with E-state index in [0.717, 1.165) is 31.6 Å². The third kappa shape index (κ3) is 2.19. The van der Waals surface area contributed by atoms with Gasteiger partial charge in [0.05, 0.1) is 24.3 Å². The van der Waals surface area contributed by atoms with Gasteiger partial charge in [0.25, 0.3) is 0 Å². The number of nitrogens with zero attached hydrogens (tertiary/aromatic N) is 3. The maximum atomic E-state index is 9.38. The van der Waals surface area contributed by atoms with Gasteiger partial charge in [0.1, 0.15) is 11.9 Å². The molecule has 1 aromatic heterocycles. The summed E-state index contributed by atoms with van der Waals surface area (Å²) >= 11 is 0. The number of rotatable bonds is 1. The molecule has 1 fully saturated rings. The molecule has 4 nitrogen and oxygen atoms in total. The van der Waals surface area contributed by atoms with E-state index in [9.17, 15) is 5.26 Å². The van der Waals surface area contributed by atoms with Gasteiger partial charge in [-0.15, -0.1) is 0 Å². The van der Waals surface area contributed by atoms with Crippen LogP contribution in [-0.4, -0.2) is 30.3 Å². The minimum Gasteiger partial charge on any atom is -0.375 e. The van der Waals surface area contributed by atoms with Crippen molar-refractivity contribution >= 4 is 5.82 Å². The lowest BCUT2D eigenvalue weighted by Gasteiger charge is -2.38. The fourth-order valence-electron chi connectivity index (χ4n) is 2.96. The van der Waals surface area contributed by atoms with Crippen LogP contribution in [-0.2, 0) is 17.6 Å². The normalized spacial score (nSPS) is 26.1. The Labute approximate surface area is 114 Å². The van der Waals surface area contributed by atoms with Crippen LogP contribution in [0.2, 0.25) is 0 Å². The molecule has 2 aliphatic rings. The summed E-state index contributed by atoms with van der Waals surface area (Å²) in [7, 11) is 0. The topological polar surface area (TPSA) is 49.2 Å². The van der Waals surface area contributed by atoms with E-state index < -0.39 is 0 Å².